The van der Waals surface area contributed by atoms with Gasteiger partial charge in [0.2, 0.25) is 0 Å². The Labute approximate surface area is 145 Å². The molecule has 2 heterocycles. The van der Waals surface area contributed by atoms with Gasteiger partial charge in [0.15, 0.2) is 5.78 Å². The smallest absolute Gasteiger partial charge is 0.180 e. The fourth-order valence-electron chi connectivity index (χ4n) is 3.80. The molecule has 0 aromatic heterocycles. The molecule has 0 aliphatic carbocycles. The molecule has 1 saturated heterocycles. The van der Waals surface area contributed by atoms with Crippen LogP contribution in [0.1, 0.15) is 36.5 Å². The Morgan fingerprint density at radius 1 is 1.42 bits per heavy atom. The zero-order chi connectivity index (χ0) is 17.1. The number of ketones is 1. The molecule has 1 unspecified atom stereocenters. The van der Waals surface area contributed by atoms with Crippen molar-refractivity contribution in [2.45, 2.75) is 38.3 Å². The van der Waals surface area contributed by atoms with Gasteiger partial charge in [-0.05, 0) is 64.6 Å². The summed E-state index contributed by atoms with van der Waals surface area (Å²) in [6.45, 7) is 5.79. The first kappa shape index (κ1) is 17.2. The highest BCUT2D eigenvalue weighted by atomic mass is 16.5. The molecule has 0 amide bonds. The van der Waals surface area contributed by atoms with Crippen molar-refractivity contribution in [1.29, 1.82) is 0 Å². The van der Waals surface area contributed by atoms with E-state index >= 15 is 0 Å². The number of ether oxygens (including phenoxy) is 1. The lowest BCUT2D eigenvalue weighted by atomic mass is 9.96. The molecule has 0 saturated carbocycles. The fourth-order valence-corrected chi connectivity index (χ4v) is 3.80. The van der Waals surface area contributed by atoms with Gasteiger partial charge in [0.25, 0.3) is 0 Å². The largest absolute Gasteiger partial charge is 0.490 e. The molecule has 1 aromatic carbocycles. The van der Waals surface area contributed by atoms with Gasteiger partial charge in [0.1, 0.15) is 12.4 Å². The molecule has 0 spiro atoms. The van der Waals surface area contributed by atoms with E-state index in [9.17, 15) is 4.79 Å². The Morgan fingerprint density at radius 3 is 2.88 bits per heavy atom. The quantitative estimate of drug-likeness (QED) is 0.840. The van der Waals surface area contributed by atoms with E-state index in [4.69, 9.17) is 4.74 Å². The highest BCUT2D eigenvalue weighted by Gasteiger charge is 2.30. The summed E-state index contributed by atoms with van der Waals surface area (Å²) in [7, 11) is 4.28. The second kappa shape index (κ2) is 7.53. The molecule has 5 nitrogen and oxygen atoms in total. The molecule has 24 heavy (non-hydrogen) atoms. The molecular weight excluding hydrogens is 302 g/mol. The van der Waals surface area contributed by atoms with Crippen LogP contribution in [0.2, 0.25) is 0 Å². The van der Waals surface area contributed by atoms with Crippen LogP contribution in [-0.4, -0.2) is 68.0 Å². The number of nitrogens with zero attached hydrogens (tertiary/aromatic N) is 2. The minimum absolute atomic E-state index is 0.0547. The molecule has 3 rings (SSSR count). The van der Waals surface area contributed by atoms with Crippen LogP contribution in [0.5, 0.6) is 5.75 Å². The number of piperidine rings is 1. The van der Waals surface area contributed by atoms with Crippen LogP contribution in [0.15, 0.2) is 18.2 Å². The van der Waals surface area contributed by atoms with Crippen LogP contribution < -0.4 is 10.1 Å². The maximum absolute atomic E-state index is 13.1. The van der Waals surface area contributed by atoms with E-state index in [-0.39, 0.29) is 11.8 Å². The Bertz CT molecular complexity index is 582. The average Bonchev–Trinajstić information content (AvgIpc) is 2.62. The number of fused-ring (bicyclic) bond motifs is 1. The van der Waals surface area contributed by atoms with Crippen molar-refractivity contribution in [3.8, 4) is 5.75 Å². The minimum atomic E-state index is -0.0547. The molecule has 0 bridgehead atoms. The summed E-state index contributed by atoms with van der Waals surface area (Å²) >= 11 is 0. The Hall–Kier alpha value is -1.59. The van der Waals surface area contributed by atoms with Crippen LogP contribution in [-0.2, 0) is 0 Å². The number of Topliss-reactive ketones (excluding diaryl/α,β-unsaturated/α-hetero) is 1. The molecule has 2 aliphatic heterocycles. The van der Waals surface area contributed by atoms with Crippen LogP contribution in [0.4, 0.5) is 5.69 Å². The van der Waals surface area contributed by atoms with Crippen LogP contribution >= 0.6 is 0 Å². The van der Waals surface area contributed by atoms with E-state index < -0.39 is 0 Å². The normalized spacial score (nSPS) is 20.2. The first-order chi connectivity index (χ1) is 11.6. The van der Waals surface area contributed by atoms with E-state index in [2.05, 4.69) is 36.1 Å². The van der Waals surface area contributed by atoms with E-state index in [1.807, 2.05) is 18.2 Å². The first-order valence-corrected chi connectivity index (χ1v) is 9.05. The van der Waals surface area contributed by atoms with Gasteiger partial charge in [0.05, 0.1) is 11.7 Å². The molecule has 1 N–H and O–H groups in total. The molecule has 132 valence electrons. The molecule has 1 atom stereocenters. The van der Waals surface area contributed by atoms with Crippen molar-refractivity contribution in [1.82, 2.24) is 9.80 Å². The third-order valence-corrected chi connectivity index (χ3v) is 5.38. The van der Waals surface area contributed by atoms with Crippen molar-refractivity contribution in [3.63, 3.8) is 0 Å². The van der Waals surface area contributed by atoms with Crippen molar-refractivity contribution in [2.75, 3.05) is 45.7 Å². The summed E-state index contributed by atoms with van der Waals surface area (Å²) in [6.07, 6.45) is 3.11. The van der Waals surface area contributed by atoms with E-state index in [0.29, 0.717) is 12.6 Å². The highest BCUT2D eigenvalue weighted by Crippen LogP contribution is 2.29. The van der Waals surface area contributed by atoms with Gasteiger partial charge in [0, 0.05) is 18.2 Å². The third kappa shape index (κ3) is 3.57. The maximum Gasteiger partial charge on any atom is 0.180 e. The maximum atomic E-state index is 13.1. The van der Waals surface area contributed by atoms with Crippen LogP contribution in [0.3, 0.4) is 0 Å². The first-order valence-electron chi connectivity index (χ1n) is 9.05. The predicted molar refractivity (Wildman–Crippen MR) is 97.1 cm³/mol. The minimum Gasteiger partial charge on any atom is -0.490 e. The Balaban J connectivity index is 1.73. The standard InChI is InChI=1S/C19H29N3O2/c1-4-17(22(3)15-7-10-21(2)11-8-15)19(23)14-5-6-18-16(13-14)20-9-12-24-18/h5-6,13,15,17,20H,4,7-12H2,1-3H3. The van der Waals surface area contributed by atoms with Crippen molar-refractivity contribution < 1.29 is 9.53 Å². The van der Waals surface area contributed by atoms with Crippen LogP contribution in [0, 0.1) is 0 Å². The Kier molecular flexibility index (Phi) is 5.41. The van der Waals surface area contributed by atoms with Gasteiger partial charge in [-0.25, -0.2) is 0 Å². The lowest BCUT2D eigenvalue weighted by Gasteiger charge is -2.38. The van der Waals surface area contributed by atoms with Crippen LogP contribution in [0.25, 0.3) is 0 Å². The van der Waals surface area contributed by atoms with Gasteiger partial charge in [-0.1, -0.05) is 6.92 Å². The number of carbonyl (C=O) groups excluding carboxylic acids is 1. The summed E-state index contributed by atoms with van der Waals surface area (Å²) < 4.78 is 5.61. The van der Waals surface area contributed by atoms with Crippen molar-refractivity contribution in [3.05, 3.63) is 23.8 Å². The number of likely N-dealkylation sites (tertiary alicyclic amines) is 1. The third-order valence-electron chi connectivity index (χ3n) is 5.38. The van der Waals surface area contributed by atoms with Gasteiger partial charge < -0.3 is 15.0 Å². The summed E-state index contributed by atoms with van der Waals surface area (Å²) in [5.41, 5.74) is 1.71. The zero-order valence-electron chi connectivity index (χ0n) is 15.0. The topological polar surface area (TPSA) is 44.8 Å². The van der Waals surface area contributed by atoms with Gasteiger partial charge in [-0.15, -0.1) is 0 Å². The number of likely N-dealkylation sites (N-methyl/N-ethyl adjacent to an activating group) is 1. The molecule has 1 fully saturated rings. The number of carbonyl (C=O) groups is 1. The second-order valence-electron chi connectivity index (χ2n) is 6.97. The molecule has 0 radical (unpaired) electrons. The number of benzene rings is 1. The number of anilines is 1. The summed E-state index contributed by atoms with van der Waals surface area (Å²) in [5.74, 6) is 1.06. The van der Waals surface area contributed by atoms with E-state index in [1.54, 1.807) is 0 Å². The van der Waals surface area contributed by atoms with E-state index in [0.717, 1.165) is 55.9 Å². The molecular formula is C19H29N3O2. The SMILES string of the molecule is CCC(C(=O)c1ccc2c(c1)NCCO2)N(C)C1CCN(C)CC1. The lowest BCUT2D eigenvalue weighted by Crippen LogP contribution is -2.48. The van der Waals surface area contributed by atoms with Crippen molar-refractivity contribution in [2.24, 2.45) is 0 Å². The number of hydrogen-bond donors (Lipinski definition) is 1. The Morgan fingerprint density at radius 2 is 2.17 bits per heavy atom. The zero-order valence-corrected chi connectivity index (χ0v) is 15.0. The summed E-state index contributed by atoms with van der Waals surface area (Å²) in [5, 5.41) is 3.32. The molecule has 5 heteroatoms. The summed E-state index contributed by atoms with van der Waals surface area (Å²) in [6, 6.07) is 6.20. The number of rotatable bonds is 5. The summed E-state index contributed by atoms with van der Waals surface area (Å²) in [4.78, 5) is 17.8. The number of hydrogen-bond acceptors (Lipinski definition) is 5. The van der Waals surface area contributed by atoms with Crippen molar-refractivity contribution >= 4 is 11.5 Å². The lowest BCUT2D eigenvalue weighted by molar-refractivity contribution is 0.0691. The fraction of sp³-hybridized carbons (Fsp3) is 0.632. The highest BCUT2D eigenvalue weighted by molar-refractivity contribution is 6.01. The predicted octanol–water partition coefficient (Wildman–Crippen LogP) is 2.48. The number of nitrogens with one attached hydrogen (secondary N) is 1. The van der Waals surface area contributed by atoms with Gasteiger partial charge in [-0.2, -0.15) is 0 Å². The van der Waals surface area contributed by atoms with Gasteiger partial charge >= 0.3 is 0 Å². The van der Waals surface area contributed by atoms with Gasteiger partial charge in [-0.3, -0.25) is 9.69 Å². The second-order valence-corrected chi connectivity index (χ2v) is 6.97. The molecule has 1 aromatic rings. The van der Waals surface area contributed by atoms with E-state index in [1.165, 1.54) is 0 Å². The monoisotopic (exact) mass is 331 g/mol. The average molecular weight is 331 g/mol. The molecule has 2 aliphatic rings.